The van der Waals surface area contributed by atoms with E-state index in [0.717, 1.165) is 0 Å². The molecule has 1 amide bonds. The lowest BCUT2D eigenvalue weighted by molar-refractivity contribution is -0.384. The second-order valence-electron chi connectivity index (χ2n) is 5.90. The van der Waals surface area contributed by atoms with Crippen LogP contribution in [0.2, 0.25) is 0 Å². The molecule has 0 saturated carbocycles. The molecule has 1 atom stereocenters. The van der Waals surface area contributed by atoms with Crippen molar-refractivity contribution in [1.82, 2.24) is 4.90 Å². The first-order valence-corrected chi connectivity index (χ1v) is 9.22. The number of amides is 1. The van der Waals surface area contributed by atoms with Gasteiger partial charge >= 0.3 is 0 Å². The molecule has 8 heteroatoms. The Kier molecular flexibility index (Phi) is 5.36. The van der Waals surface area contributed by atoms with Gasteiger partial charge in [-0.3, -0.25) is 19.7 Å². The molecule has 0 spiro atoms. The summed E-state index contributed by atoms with van der Waals surface area (Å²) in [4.78, 5) is 37.1. The topological polar surface area (TPSA) is 101 Å². The van der Waals surface area contributed by atoms with Crippen LogP contribution in [0.5, 0.6) is 0 Å². The minimum absolute atomic E-state index is 0.0763. The maximum atomic E-state index is 12.6. The monoisotopic (exact) mass is 430 g/mol. The van der Waals surface area contributed by atoms with Crippen molar-refractivity contribution in [2.24, 2.45) is 0 Å². The molecule has 1 aliphatic heterocycles. The van der Waals surface area contributed by atoms with Gasteiger partial charge in [0.2, 0.25) is 0 Å². The third kappa shape index (κ3) is 3.48. The lowest BCUT2D eigenvalue weighted by Crippen LogP contribution is -2.31. The van der Waals surface area contributed by atoms with Crippen molar-refractivity contribution < 1.29 is 19.6 Å². The van der Waals surface area contributed by atoms with Gasteiger partial charge < -0.3 is 10.0 Å². The number of carbonyl (C=O) groups is 2. The van der Waals surface area contributed by atoms with Crippen molar-refractivity contribution in [3.05, 3.63) is 81.4 Å². The zero-order valence-corrected chi connectivity index (χ0v) is 15.6. The highest BCUT2D eigenvalue weighted by Crippen LogP contribution is 2.40. The summed E-state index contributed by atoms with van der Waals surface area (Å²) in [5, 5.41) is 22.3. The molecule has 1 aliphatic rings. The number of nitro benzene ring substituents is 1. The number of benzene rings is 2. The summed E-state index contributed by atoms with van der Waals surface area (Å²) in [5.41, 5.74) is 0.552. The molecular weight excluding hydrogens is 416 g/mol. The number of carbonyl (C=O) groups excluding carboxylic acids is 2. The van der Waals surface area contributed by atoms with Gasteiger partial charge in [-0.05, 0) is 5.56 Å². The molecule has 1 N–H and O–H groups in total. The van der Waals surface area contributed by atoms with Gasteiger partial charge in [0.25, 0.3) is 17.4 Å². The number of rotatable bonds is 5. The van der Waals surface area contributed by atoms with E-state index in [9.17, 15) is 24.8 Å². The number of halogens is 1. The van der Waals surface area contributed by atoms with Gasteiger partial charge in [-0.25, -0.2) is 0 Å². The Labute approximate surface area is 163 Å². The molecule has 2 aromatic carbocycles. The second kappa shape index (κ2) is 7.71. The molecule has 0 aromatic heterocycles. The minimum Gasteiger partial charge on any atom is -0.507 e. The molecule has 2 aromatic rings. The van der Waals surface area contributed by atoms with E-state index in [4.69, 9.17) is 0 Å². The van der Waals surface area contributed by atoms with E-state index >= 15 is 0 Å². The van der Waals surface area contributed by atoms with Crippen LogP contribution >= 0.6 is 15.9 Å². The van der Waals surface area contributed by atoms with E-state index in [2.05, 4.69) is 15.9 Å². The van der Waals surface area contributed by atoms with E-state index in [1.165, 1.54) is 23.1 Å². The molecule has 138 valence electrons. The highest BCUT2D eigenvalue weighted by atomic mass is 79.9. The van der Waals surface area contributed by atoms with Gasteiger partial charge in [-0.1, -0.05) is 58.4 Å². The first kappa shape index (κ1) is 18.8. The molecule has 1 saturated heterocycles. The Balaban J connectivity index is 2.21. The lowest BCUT2D eigenvalue weighted by Gasteiger charge is -2.24. The van der Waals surface area contributed by atoms with Crippen LogP contribution in [0.15, 0.2) is 60.2 Å². The van der Waals surface area contributed by atoms with Gasteiger partial charge in [0, 0.05) is 29.6 Å². The number of non-ortho nitro benzene ring substituents is 1. The fourth-order valence-electron chi connectivity index (χ4n) is 3.11. The van der Waals surface area contributed by atoms with Crippen LogP contribution < -0.4 is 0 Å². The Morgan fingerprint density at radius 2 is 1.85 bits per heavy atom. The Morgan fingerprint density at radius 3 is 2.48 bits per heavy atom. The summed E-state index contributed by atoms with van der Waals surface area (Å²) < 4.78 is 0. The van der Waals surface area contributed by atoms with E-state index in [0.29, 0.717) is 16.5 Å². The largest absolute Gasteiger partial charge is 0.507 e. The summed E-state index contributed by atoms with van der Waals surface area (Å²) in [6, 6.07) is 13.2. The predicted octanol–water partition coefficient (Wildman–Crippen LogP) is 3.41. The number of ketones is 1. The number of nitro groups is 1. The van der Waals surface area contributed by atoms with E-state index in [1.54, 1.807) is 36.4 Å². The van der Waals surface area contributed by atoms with Gasteiger partial charge in [-0.2, -0.15) is 0 Å². The maximum Gasteiger partial charge on any atom is 0.295 e. The molecule has 7 nitrogen and oxygen atoms in total. The van der Waals surface area contributed by atoms with Crippen molar-refractivity contribution in [3.63, 3.8) is 0 Å². The molecular formula is C19H15BrN2O5. The number of aliphatic hydroxyl groups is 1. The fourth-order valence-corrected chi connectivity index (χ4v) is 3.49. The maximum absolute atomic E-state index is 12.6. The van der Waals surface area contributed by atoms with Gasteiger partial charge in [-0.15, -0.1) is 0 Å². The summed E-state index contributed by atoms with van der Waals surface area (Å²) in [7, 11) is 0. The molecule has 0 bridgehead atoms. The fraction of sp³-hybridized carbons (Fsp3) is 0.158. The predicted molar refractivity (Wildman–Crippen MR) is 102 cm³/mol. The smallest absolute Gasteiger partial charge is 0.295 e. The number of likely N-dealkylation sites (tertiary alicyclic amines) is 1. The van der Waals surface area contributed by atoms with E-state index in [1.807, 2.05) is 0 Å². The average molecular weight is 431 g/mol. The van der Waals surface area contributed by atoms with Crippen LogP contribution in [0.3, 0.4) is 0 Å². The van der Waals surface area contributed by atoms with Crippen molar-refractivity contribution in [2.75, 3.05) is 11.9 Å². The molecule has 0 unspecified atom stereocenters. The molecule has 3 rings (SSSR count). The lowest BCUT2D eigenvalue weighted by atomic mass is 9.95. The molecule has 0 radical (unpaired) electrons. The zero-order valence-electron chi connectivity index (χ0n) is 14.0. The SMILES string of the molecule is O=C1C(=O)N(CCBr)[C@H](c2cccc([N+](=O)[O-])c2)/C1=C(\O)c1ccccc1. The normalized spacial score (nSPS) is 18.7. The first-order valence-electron chi connectivity index (χ1n) is 8.10. The molecule has 1 heterocycles. The van der Waals surface area contributed by atoms with Crippen LogP contribution in [0.4, 0.5) is 5.69 Å². The summed E-state index contributed by atoms with van der Waals surface area (Å²) in [6.45, 7) is 0.212. The van der Waals surface area contributed by atoms with E-state index in [-0.39, 0.29) is 23.6 Å². The van der Waals surface area contributed by atoms with Crippen LogP contribution in [-0.2, 0) is 9.59 Å². The number of hydrogen-bond donors (Lipinski definition) is 1. The quantitative estimate of drug-likeness (QED) is 0.195. The zero-order chi connectivity index (χ0) is 19.6. The van der Waals surface area contributed by atoms with Crippen molar-refractivity contribution in [2.45, 2.75) is 6.04 Å². The van der Waals surface area contributed by atoms with Crippen molar-refractivity contribution in [3.8, 4) is 0 Å². The second-order valence-corrected chi connectivity index (χ2v) is 6.69. The third-order valence-corrected chi connectivity index (χ3v) is 4.66. The van der Waals surface area contributed by atoms with Crippen LogP contribution in [0.25, 0.3) is 5.76 Å². The number of Topliss-reactive ketones (excluding diaryl/α,β-unsaturated/α-hetero) is 1. The Bertz CT molecular complexity index is 942. The van der Waals surface area contributed by atoms with E-state index < -0.39 is 22.7 Å². The number of hydrogen-bond acceptors (Lipinski definition) is 5. The highest BCUT2D eigenvalue weighted by molar-refractivity contribution is 9.09. The summed E-state index contributed by atoms with van der Waals surface area (Å²) in [5.74, 6) is -1.86. The van der Waals surface area contributed by atoms with Gasteiger partial charge in [0.05, 0.1) is 16.5 Å². The molecule has 1 fully saturated rings. The van der Waals surface area contributed by atoms with Gasteiger partial charge in [0.1, 0.15) is 5.76 Å². The molecule has 0 aliphatic carbocycles. The number of aliphatic hydroxyl groups excluding tert-OH is 1. The number of alkyl halides is 1. The highest BCUT2D eigenvalue weighted by Gasteiger charge is 2.46. The van der Waals surface area contributed by atoms with Gasteiger partial charge in [0.15, 0.2) is 0 Å². The first-order chi connectivity index (χ1) is 13.0. The van der Waals surface area contributed by atoms with Crippen LogP contribution in [-0.4, -0.2) is 38.5 Å². The standard InChI is InChI=1S/C19H15BrN2O5/c20-9-10-21-16(13-7-4-8-14(11-13)22(26)27)15(18(24)19(21)25)17(23)12-5-2-1-3-6-12/h1-8,11,16,23H,9-10H2/b17-15+/t16-/m1/s1. The summed E-state index contributed by atoms with van der Waals surface area (Å²) in [6.07, 6.45) is 0. The molecule has 27 heavy (non-hydrogen) atoms. The summed E-state index contributed by atoms with van der Waals surface area (Å²) >= 11 is 3.25. The van der Waals surface area contributed by atoms with Crippen molar-refractivity contribution >= 4 is 39.1 Å². The minimum atomic E-state index is -0.900. The third-order valence-electron chi connectivity index (χ3n) is 4.31. The Hall–Kier alpha value is -3.00. The Morgan fingerprint density at radius 1 is 1.15 bits per heavy atom. The van der Waals surface area contributed by atoms with Crippen LogP contribution in [0, 0.1) is 10.1 Å². The van der Waals surface area contributed by atoms with Crippen LogP contribution in [0.1, 0.15) is 17.2 Å². The number of nitrogens with zero attached hydrogens (tertiary/aromatic N) is 2. The van der Waals surface area contributed by atoms with Crippen molar-refractivity contribution in [1.29, 1.82) is 0 Å². The average Bonchev–Trinajstić information content (AvgIpc) is 2.93.